The summed E-state index contributed by atoms with van der Waals surface area (Å²) >= 11 is 0. The first kappa shape index (κ1) is 39.8. The van der Waals surface area contributed by atoms with Gasteiger partial charge in [-0.15, -0.1) is 0 Å². The molecule has 0 spiro atoms. The van der Waals surface area contributed by atoms with E-state index in [4.69, 9.17) is 9.84 Å². The zero-order valence-corrected chi connectivity index (χ0v) is 29.7. The number of rotatable bonds is 13. The molecule has 2 aromatic rings. The molecule has 3 N–H and O–H groups in total. The second kappa shape index (κ2) is 23.0. The zero-order chi connectivity index (χ0) is 34.4. The number of aliphatic hydroxyl groups excluding tert-OH is 1. The van der Waals surface area contributed by atoms with Crippen LogP contribution in [0, 0.1) is 11.8 Å². The van der Waals surface area contributed by atoms with Gasteiger partial charge in [-0.2, -0.15) is 0 Å². The van der Waals surface area contributed by atoms with Gasteiger partial charge in [0.25, 0.3) is 0 Å². The van der Waals surface area contributed by atoms with Crippen LogP contribution >= 0.6 is 0 Å². The Bertz CT molecular complexity index is 1200. The molecule has 1 heterocycles. The number of nitrogens with one attached hydrogen (secondary N) is 2. The maximum atomic E-state index is 12.7. The van der Waals surface area contributed by atoms with E-state index < -0.39 is 6.09 Å². The van der Waals surface area contributed by atoms with Crippen molar-refractivity contribution in [2.24, 2.45) is 11.8 Å². The first-order valence-corrected chi connectivity index (χ1v) is 17.8. The van der Waals surface area contributed by atoms with Crippen molar-refractivity contribution < 1.29 is 24.2 Å². The van der Waals surface area contributed by atoms with Crippen LogP contribution in [-0.2, 0) is 33.6 Å². The summed E-state index contributed by atoms with van der Waals surface area (Å²) in [5, 5.41) is 12.9. The van der Waals surface area contributed by atoms with Gasteiger partial charge in [-0.25, -0.2) is 4.79 Å². The third-order valence-corrected chi connectivity index (χ3v) is 8.35. The summed E-state index contributed by atoms with van der Waals surface area (Å²) in [6.45, 7) is 11.7. The fraction of sp³-hybridized carbons (Fsp3) is 0.615. The minimum absolute atomic E-state index is 0.0720. The SMILES string of the molecule is CC(C)C.CC1CCN(C(=O)CCCCCNC(=O)CCCCCNC(=O)OC2Cc3ccccc3CCc3ccccc32)C1.CO. The van der Waals surface area contributed by atoms with Crippen molar-refractivity contribution in [2.45, 2.75) is 111 Å². The van der Waals surface area contributed by atoms with Crippen molar-refractivity contribution in [2.75, 3.05) is 33.3 Å². The topological polar surface area (TPSA) is 108 Å². The molecule has 0 aromatic heterocycles. The number of aliphatic hydroxyl groups is 1. The Morgan fingerprint density at radius 3 is 2.04 bits per heavy atom. The lowest BCUT2D eigenvalue weighted by Gasteiger charge is -2.25. The number of likely N-dealkylation sites (tertiary alicyclic amines) is 1. The summed E-state index contributed by atoms with van der Waals surface area (Å²) in [5.41, 5.74) is 4.88. The molecule has 1 saturated heterocycles. The van der Waals surface area contributed by atoms with Crippen molar-refractivity contribution in [1.29, 1.82) is 0 Å². The fourth-order valence-corrected chi connectivity index (χ4v) is 5.92. The van der Waals surface area contributed by atoms with E-state index in [1.165, 1.54) is 16.7 Å². The number of carbonyl (C=O) groups is 3. The van der Waals surface area contributed by atoms with Crippen molar-refractivity contribution in [1.82, 2.24) is 15.5 Å². The van der Waals surface area contributed by atoms with Gasteiger partial charge in [-0.3, -0.25) is 9.59 Å². The van der Waals surface area contributed by atoms with Gasteiger partial charge in [0.1, 0.15) is 6.10 Å². The van der Waals surface area contributed by atoms with Crippen LogP contribution in [0.4, 0.5) is 4.79 Å². The van der Waals surface area contributed by atoms with Gasteiger partial charge in [-0.1, -0.05) is 89.1 Å². The molecule has 8 nitrogen and oxygen atoms in total. The van der Waals surface area contributed by atoms with E-state index >= 15 is 0 Å². The largest absolute Gasteiger partial charge is 0.441 e. The van der Waals surface area contributed by atoms with Crippen LogP contribution in [0.2, 0.25) is 0 Å². The highest BCUT2D eigenvalue weighted by Gasteiger charge is 2.24. The molecule has 2 unspecified atom stereocenters. The van der Waals surface area contributed by atoms with Crippen LogP contribution in [0.25, 0.3) is 0 Å². The fourth-order valence-electron chi connectivity index (χ4n) is 5.92. The summed E-state index contributed by atoms with van der Waals surface area (Å²) in [6.07, 6.45) is 9.31. The van der Waals surface area contributed by atoms with Gasteiger partial charge in [0, 0.05) is 52.6 Å². The standard InChI is InChI=1S/C34H47N3O4.C4H10.CH4O/c1-26-20-23-37(25-26)33(39)17-5-3-10-21-35-32(38)16-4-2-11-22-36-34(40)41-31-24-29-14-7-6-12-27(29)18-19-28-13-8-9-15-30(28)31;1-4(2)3;1-2/h6-9,12-15,26,31H,2-5,10-11,16-25H2,1H3,(H,35,38)(H,36,40);4H,1-3H3;2H,1H3. The molecule has 0 bridgehead atoms. The molecule has 4 rings (SSSR count). The van der Waals surface area contributed by atoms with E-state index in [-0.39, 0.29) is 17.9 Å². The molecule has 47 heavy (non-hydrogen) atoms. The molecule has 2 atom stereocenters. The Labute approximate surface area is 284 Å². The van der Waals surface area contributed by atoms with Gasteiger partial charge in [-0.05, 0) is 79.0 Å². The average Bonchev–Trinajstić information content (AvgIpc) is 3.49. The van der Waals surface area contributed by atoms with Crippen LogP contribution < -0.4 is 10.6 Å². The predicted octanol–water partition coefficient (Wildman–Crippen LogP) is 7.17. The lowest BCUT2D eigenvalue weighted by atomic mass is 9.87. The Morgan fingerprint density at radius 2 is 1.38 bits per heavy atom. The van der Waals surface area contributed by atoms with Crippen molar-refractivity contribution in [3.63, 3.8) is 0 Å². The lowest BCUT2D eigenvalue weighted by Crippen LogP contribution is -2.28. The number of ether oxygens (including phenoxy) is 1. The van der Waals surface area contributed by atoms with Gasteiger partial charge in [0.15, 0.2) is 0 Å². The van der Waals surface area contributed by atoms with E-state index in [1.807, 2.05) is 23.1 Å². The van der Waals surface area contributed by atoms with Crippen molar-refractivity contribution >= 4 is 17.9 Å². The van der Waals surface area contributed by atoms with E-state index in [0.717, 1.165) is 89.5 Å². The molecule has 8 heteroatoms. The number of fused-ring (bicyclic) bond motifs is 2. The summed E-state index contributed by atoms with van der Waals surface area (Å²) in [4.78, 5) is 39.0. The monoisotopic (exact) mass is 651 g/mol. The Hall–Kier alpha value is -3.39. The van der Waals surface area contributed by atoms with E-state index in [1.54, 1.807) is 0 Å². The molecule has 262 valence electrons. The van der Waals surface area contributed by atoms with E-state index in [0.29, 0.717) is 38.3 Å². The minimum Gasteiger partial charge on any atom is -0.441 e. The second-order valence-corrected chi connectivity index (χ2v) is 13.4. The molecule has 0 radical (unpaired) electrons. The smallest absolute Gasteiger partial charge is 0.407 e. The third kappa shape index (κ3) is 15.8. The second-order valence-electron chi connectivity index (χ2n) is 13.4. The van der Waals surface area contributed by atoms with Crippen LogP contribution in [-0.4, -0.2) is 61.2 Å². The quantitative estimate of drug-likeness (QED) is 0.199. The first-order chi connectivity index (χ1) is 22.7. The number of unbranched alkanes of at least 4 members (excludes halogenated alkanes) is 4. The number of alkyl carbamates (subject to hydrolysis) is 1. The highest BCUT2D eigenvalue weighted by Crippen LogP contribution is 2.31. The maximum Gasteiger partial charge on any atom is 0.407 e. The van der Waals surface area contributed by atoms with Crippen LogP contribution in [0.3, 0.4) is 0 Å². The highest BCUT2D eigenvalue weighted by atomic mass is 16.6. The number of aryl methyl sites for hydroxylation is 2. The van der Waals surface area contributed by atoms with Crippen LogP contribution in [0.1, 0.15) is 114 Å². The predicted molar refractivity (Wildman–Crippen MR) is 190 cm³/mol. The van der Waals surface area contributed by atoms with Gasteiger partial charge in [0.2, 0.25) is 11.8 Å². The molecule has 1 aliphatic carbocycles. The molecule has 3 amide bonds. The Balaban J connectivity index is 0.00000119. The lowest BCUT2D eigenvalue weighted by molar-refractivity contribution is -0.130. The number of nitrogens with zero attached hydrogens (tertiary/aromatic N) is 1. The summed E-state index contributed by atoms with van der Waals surface area (Å²) in [7, 11) is 1.00. The maximum absolute atomic E-state index is 12.7. The van der Waals surface area contributed by atoms with Crippen molar-refractivity contribution in [3.8, 4) is 0 Å². The summed E-state index contributed by atoms with van der Waals surface area (Å²) < 4.78 is 5.94. The highest BCUT2D eigenvalue weighted by molar-refractivity contribution is 5.76. The van der Waals surface area contributed by atoms with Gasteiger partial charge in [0.05, 0.1) is 0 Å². The number of amides is 3. The first-order valence-electron chi connectivity index (χ1n) is 17.8. The summed E-state index contributed by atoms with van der Waals surface area (Å²) in [5.74, 6) is 1.81. The van der Waals surface area contributed by atoms with E-state index in [2.05, 4.69) is 68.7 Å². The average molecular weight is 652 g/mol. The van der Waals surface area contributed by atoms with E-state index in [9.17, 15) is 14.4 Å². The van der Waals surface area contributed by atoms with Crippen LogP contribution in [0.5, 0.6) is 0 Å². The third-order valence-electron chi connectivity index (χ3n) is 8.35. The number of carbonyl (C=O) groups excluding carboxylic acids is 3. The zero-order valence-electron chi connectivity index (χ0n) is 29.7. The molecule has 1 aliphatic heterocycles. The Morgan fingerprint density at radius 1 is 0.809 bits per heavy atom. The molecular weight excluding hydrogens is 590 g/mol. The molecule has 2 aliphatic rings. The number of hydrogen-bond donors (Lipinski definition) is 3. The molecule has 0 saturated carbocycles. The van der Waals surface area contributed by atoms with Crippen molar-refractivity contribution in [3.05, 3.63) is 70.8 Å². The summed E-state index contributed by atoms with van der Waals surface area (Å²) in [6, 6.07) is 16.7. The van der Waals surface area contributed by atoms with Crippen LogP contribution in [0.15, 0.2) is 48.5 Å². The minimum atomic E-state index is -0.391. The Kier molecular flexibility index (Phi) is 19.5. The number of benzene rings is 2. The van der Waals surface area contributed by atoms with Gasteiger partial charge >= 0.3 is 6.09 Å². The normalized spacial score (nSPS) is 16.6. The molecular formula is C39H61N3O5. The van der Waals surface area contributed by atoms with Gasteiger partial charge < -0.3 is 25.4 Å². The molecule has 2 aromatic carbocycles. The molecule has 1 fully saturated rings. The number of hydrogen-bond acceptors (Lipinski definition) is 5.